The fourth-order valence-corrected chi connectivity index (χ4v) is 4.38. The summed E-state index contributed by atoms with van der Waals surface area (Å²) in [5.74, 6) is -0.148. The number of nitrogens with zero attached hydrogens (tertiary/aromatic N) is 4. The molecule has 7 nitrogen and oxygen atoms in total. The number of likely N-dealkylation sites (tertiary alicyclic amines) is 1. The monoisotopic (exact) mass is 379 g/mol. The fourth-order valence-electron chi connectivity index (χ4n) is 4.38. The molecule has 2 aliphatic rings. The summed E-state index contributed by atoms with van der Waals surface area (Å²) >= 11 is 0. The highest BCUT2D eigenvalue weighted by molar-refractivity contribution is 5.88. The van der Waals surface area contributed by atoms with E-state index in [4.69, 9.17) is 10.00 Å². The Balaban J connectivity index is 1.66. The topological polar surface area (TPSA) is 83.2 Å². The van der Waals surface area contributed by atoms with Crippen LogP contribution in [-0.2, 0) is 16.1 Å². The summed E-state index contributed by atoms with van der Waals surface area (Å²) < 4.78 is 8.16. The van der Waals surface area contributed by atoms with E-state index in [1.165, 1.54) is 0 Å². The first kappa shape index (κ1) is 18.7. The second-order valence-electron chi connectivity index (χ2n) is 7.82. The van der Waals surface area contributed by atoms with Crippen LogP contribution in [0.2, 0.25) is 0 Å². The number of carbonyl (C=O) groups is 1. The third-order valence-electron chi connectivity index (χ3n) is 5.60. The predicted molar refractivity (Wildman–Crippen MR) is 103 cm³/mol. The zero-order valence-electron chi connectivity index (χ0n) is 16.3. The number of ether oxygens (including phenoxy) is 1. The van der Waals surface area contributed by atoms with Gasteiger partial charge in [0, 0.05) is 44.1 Å². The minimum absolute atomic E-state index is 0.0477. The third-order valence-corrected chi connectivity index (χ3v) is 5.60. The number of benzene rings is 1. The summed E-state index contributed by atoms with van der Waals surface area (Å²) in [6.45, 7) is 7.11. The molecule has 3 heterocycles. The number of hydrogen-bond acceptors (Lipinski definition) is 5. The average Bonchev–Trinajstić information content (AvgIpc) is 3.30. The first-order valence-corrected chi connectivity index (χ1v) is 9.70. The molecular formula is C21H25N5O2. The highest BCUT2D eigenvalue weighted by Crippen LogP contribution is 2.41. The fraction of sp³-hybridized carbons (Fsp3) is 0.476. The van der Waals surface area contributed by atoms with Crippen molar-refractivity contribution in [3.8, 4) is 6.07 Å². The highest BCUT2D eigenvalue weighted by Gasteiger charge is 2.56. The number of morpholine rings is 1. The van der Waals surface area contributed by atoms with Gasteiger partial charge in [0.2, 0.25) is 0 Å². The number of nitriles is 1. The Morgan fingerprint density at radius 1 is 1.43 bits per heavy atom. The average molecular weight is 379 g/mol. The summed E-state index contributed by atoms with van der Waals surface area (Å²) in [6.07, 6.45) is 1.79. The maximum atomic E-state index is 13.0. The van der Waals surface area contributed by atoms with Gasteiger partial charge in [0.15, 0.2) is 5.60 Å². The Morgan fingerprint density at radius 3 is 3.04 bits per heavy atom. The maximum absolute atomic E-state index is 13.0. The van der Waals surface area contributed by atoms with Crippen LogP contribution in [-0.4, -0.2) is 52.4 Å². The molecule has 0 unspecified atom stereocenters. The van der Waals surface area contributed by atoms with Gasteiger partial charge in [-0.15, -0.1) is 0 Å². The lowest BCUT2D eigenvalue weighted by atomic mass is 9.86. The zero-order valence-corrected chi connectivity index (χ0v) is 16.3. The van der Waals surface area contributed by atoms with Crippen molar-refractivity contribution < 1.29 is 9.53 Å². The summed E-state index contributed by atoms with van der Waals surface area (Å²) in [6, 6.07) is 12.0. The van der Waals surface area contributed by atoms with E-state index in [-0.39, 0.29) is 17.9 Å². The van der Waals surface area contributed by atoms with Crippen LogP contribution in [0.3, 0.4) is 0 Å². The van der Waals surface area contributed by atoms with Crippen molar-refractivity contribution in [2.24, 2.45) is 0 Å². The van der Waals surface area contributed by atoms with E-state index in [9.17, 15) is 4.79 Å². The smallest absolute Gasteiger partial charge is 0.254 e. The molecule has 1 aromatic heterocycles. The maximum Gasteiger partial charge on any atom is 0.254 e. The lowest BCUT2D eigenvalue weighted by Crippen LogP contribution is -2.59. The normalized spacial score (nSPS) is 25.2. The standard InChI is InChI=1S/C21H25N5O2/c1-15(2)26-19(6-7-24-26)18-13-25(12-17-5-3-4-16(10-17)11-22)14-21(18)20(27)23-8-9-28-21/h3-7,10,15,18H,8-9,12-14H2,1-2H3,(H,23,27)/t18-,21-/m1/s1. The molecule has 2 fully saturated rings. The summed E-state index contributed by atoms with van der Waals surface area (Å²) in [5, 5.41) is 16.6. The number of hydrogen-bond donors (Lipinski definition) is 1. The number of nitrogens with one attached hydrogen (secondary N) is 1. The second-order valence-corrected chi connectivity index (χ2v) is 7.82. The molecule has 0 saturated carbocycles. The van der Waals surface area contributed by atoms with Gasteiger partial charge < -0.3 is 10.1 Å². The molecule has 1 N–H and O–H groups in total. The van der Waals surface area contributed by atoms with Gasteiger partial charge in [0.1, 0.15) is 0 Å². The molecule has 2 aliphatic heterocycles. The van der Waals surface area contributed by atoms with Crippen molar-refractivity contribution in [1.29, 1.82) is 5.26 Å². The molecule has 0 radical (unpaired) electrons. The van der Waals surface area contributed by atoms with E-state index < -0.39 is 5.60 Å². The van der Waals surface area contributed by atoms with Crippen LogP contribution >= 0.6 is 0 Å². The van der Waals surface area contributed by atoms with Crippen LogP contribution in [0, 0.1) is 11.3 Å². The molecule has 146 valence electrons. The number of carbonyl (C=O) groups excluding carboxylic acids is 1. The molecule has 1 amide bonds. The van der Waals surface area contributed by atoms with Crippen LogP contribution in [0.1, 0.15) is 42.6 Å². The predicted octanol–water partition coefficient (Wildman–Crippen LogP) is 1.82. The molecule has 1 aromatic carbocycles. The minimum atomic E-state index is -0.905. The van der Waals surface area contributed by atoms with Gasteiger partial charge in [0.05, 0.1) is 24.2 Å². The van der Waals surface area contributed by atoms with Crippen LogP contribution in [0.5, 0.6) is 0 Å². The summed E-state index contributed by atoms with van der Waals surface area (Å²) in [7, 11) is 0. The van der Waals surface area contributed by atoms with Crippen molar-refractivity contribution in [3.05, 3.63) is 53.3 Å². The van der Waals surface area contributed by atoms with E-state index >= 15 is 0 Å². The van der Waals surface area contributed by atoms with Crippen molar-refractivity contribution in [1.82, 2.24) is 20.0 Å². The molecule has 2 atom stereocenters. The van der Waals surface area contributed by atoms with E-state index in [0.29, 0.717) is 38.3 Å². The molecule has 2 aromatic rings. The lowest BCUT2D eigenvalue weighted by Gasteiger charge is -2.37. The van der Waals surface area contributed by atoms with Crippen molar-refractivity contribution >= 4 is 5.91 Å². The third kappa shape index (κ3) is 3.19. The number of rotatable bonds is 4. The lowest BCUT2D eigenvalue weighted by molar-refractivity contribution is -0.155. The molecular weight excluding hydrogens is 354 g/mol. The highest BCUT2D eigenvalue weighted by atomic mass is 16.5. The van der Waals surface area contributed by atoms with Gasteiger partial charge >= 0.3 is 0 Å². The van der Waals surface area contributed by atoms with Gasteiger partial charge in [-0.25, -0.2) is 0 Å². The SMILES string of the molecule is CC(C)n1nccc1[C@H]1CN(Cc2cccc(C#N)c2)C[C@@]12OCCNC2=O. The summed E-state index contributed by atoms with van der Waals surface area (Å²) in [4.78, 5) is 15.2. The van der Waals surface area contributed by atoms with Crippen LogP contribution in [0.25, 0.3) is 0 Å². The number of amides is 1. The molecule has 7 heteroatoms. The Hall–Kier alpha value is -2.69. The molecule has 2 saturated heterocycles. The molecule has 0 aliphatic carbocycles. The van der Waals surface area contributed by atoms with Crippen LogP contribution < -0.4 is 5.32 Å². The van der Waals surface area contributed by atoms with Gasteiger partial charge in [0.25, 0.3) is 5.91 Å². The minimum Gasteiger partial charge on any atom is -0.361 e. The van der Waals surface area contributed by atoms with Gasteiger partial charge in [-0.2, -0.15) is 10.4 Å². The first-order chi connectivity index (χ1) is 13.5. The van der Waals surface area contributed by atoms with Crippen molar-refractivity contribution in [3.63, 3.8) is 0 Å². The Kier molecular flexibility index (Phi) is 4.92. The van der Waals surface area contributed by atoms with Crippen LogP contribution in [0.15, 0.2) is 36.5 Å². The first-order valence-electron chi connectivity index (χ1n) is 9.70. The van der Waals surface area contributed by atoms with Gasteiger partial charge in [-0.1, -0.05) is 12.1 Å². The van der Waals surface area contributed by atoms with E-state index in [1.54, 1.807) is 12.3 Å². The Morgan fingerprint density at radius 2 is 2.29 bits per heavy atom. The molecule has 28 heavy (non-hydrogen) atoms. The van der Waals surface area contributed by atoms with E-state index in [1.807, 2.05) is 28.9 Å². The van der Waals surface area contributed by atoms with E-state index in [0.717, 1.165) is 11.3 Å². The molecule has 0 bridgehead atoms. The Bertz CT molecular complexity index is 916. The zero-order chi connectivity index (χ0) is 19.7. The summed E-state index contributed by atoms with van der Waals surface area (Å²) in [5.41, 5.74) is 1.83. The quantitative estimate of drug-likeness (QED) is 0.876. The largest absolute Gasteiger partial charge is 0.361 e. The van der Waals surface area contributed by atoms with Crippen LogP contribution in [0.4, 0.5) is 0 Å². The van der Waals surface area contributed by atoms with Crippen molar-refractivity contribution in [2.75, 3.05) is 26.2 Å². The molecule has 1 spiro atoms. The van der Waals surface area contributed by atoms with E-state index in [2.05, 4.69) is 35.2 Å². The van der Waals surface area contributed by atoms with Crippen molar-refractivity contribution in [2.45, 2.75) is 38.0 Å². The number of aromatic nitrogens is 2. The Labute approximate surface area is 164 Å². The second kappa shape index (κ2) is 7.38. The van der Waals surface area contributed by atoms with Gasteiger partial charge in [-0.05, 0) is 37.6 Å². The molecule has 4 rings (SSSR count). The van der Waals surface area contributed by atoms with Gasteiger partial charge in [-0.3, -0.25) is 14.4 Å².